The first-order chi connectivity index (χ1) is 15.7. The van der Waals surface area contributed by atoms with Gasteiger partial charge in [0.25, 0.3) is 0 Å². The van der Waals surface area contributed by atoms with Gasteiger partial charge in [0.2, 0.25) is 0 Å². The zero-order chi connectivity index (χ0) is 24.4. The minimum atomic E-state index is -0.145. The largest absolute Gasteiger partial charge is 0.466 e. The molecule has 0 radical (unpaired) electrons. The van der Waals surface area contributed by atoms with Crippen molar-refractivity contribution in [3.05, 3.63) is 34.3 Å². The van der Waals surface area contributed by atoms with Crippen LogP contribution >= 0.6 is 11.6 Å². The Bertz CT molecular complexity index is 715. The molecule has 2 fully saturated rings. The van der Waals surface area contributed by atoms with Gasteiger partial charge in [-0.2, -0.15) is 0 Å². The maximum atomic E-state index is 12.1. The summed E-state index contributed by atoms with van der Waals surface area (Å²) in [6, 6.07) is 7.24. The van der Waals surface area contributed by atoms with Gasteiger partial charge in [-0.3, -0.25) is 19.5 Å². The highest BCUT2D eigenvalue weighted by atomic mass is 35.5. The number of rotatable bonds is 7. The molecule has 1 aromatic rings. The molecule has 34 heavy (non-hydrogen) atoms. The van der Waals surface area contributed by atoms with Crippen molar-refractivity contribution in [3.63, 3.8) is 0 Å². The van der Waals surface area contributed by atoms with E-state index < -0.39 is 0 Å². The summed E-state index contributed by atoms with van der Waals surface area (Å²) in [5, 5.41) is 4.04. The number of halogens is 1. The van der Waals surface area contributed by atoms with Gasteiger partial charge in [0.05, 0.1) is 13.0 Å². The van der Waals surface area contributed by atoms with Gasteiger partial charge < -0.3 is 10.1 Å². The van der Waals surface area contributed by atoms with Crippen LogP contribution in [0.3, 0.4) is 0 Å². The zero-order valence-electron chi connectivity index (χ0n) is 21.6. The number of piperazine rings is 2. The number of esters is 1. The van der Waals surface area contributed by atoms with Crippen molar-refractivity contribution in [2.24, 2.45) is 0 Å². The van der Waals surface area contributed by atoms with Crippen LogP contribution in [-0.2, 0) is 9.53 Å². The van der Waals surface area contributed by atoms with Crippen molar-refractivity contribution < 1.29 is 9.53 Å². The molecule has 2 heterocycles. The summed E-state index contributed by atoms with van der Waals surface area (Å²) in [6.07, 6.45) is 0.372. The lowest BCUT2D eigenvalue weighted by atomic mass is 9.96. The van der Waals surface area contributed by atoms with E-state index in [1.54, 1.807) is 0 Å². The smallest absolute Gasteiger partial charge is 0.307 e. The van der Waals surface area contributed by atoms with E-state index in [9.17, 15) is 4.79 Å². The molecule has 0 bridgehead atoms. The van der Waals surface area contributed by atoms with E-state index in [-0.39, 0.29) is 19.4 Å². The SMILES string of the molecule is C.CC(C)N1CCNCC1.CCOC(=O)CC(c1cc(Cl)ccc1C)N1CCN(C(C)C)CC1. The number of carbonyl (C=O) groups is 1. The second-order valence-corrected chi connectivity index (χ2v) is 10.0. The van der Waals surface area contributed by atoms with Crippen LogP contribution in [0.4, 0.5) is 0 Å². The highest BCUT2D eigenvalue weighted by Crippen LogP contribution is 2.31. The molecular weight excluding hydrogens is 448 g/mol. The Kier molecular flexibility index (Phi) is 14.3. The predicted molar refractivity (Wildman–Crippen MR) is 145 cm³/mol. The molecule has 6 nitrogen and oxygen atoms in total. The second kappa shape index (κ2) is 15.7. The maximum Gasteiger partial charge on any atom is 0.307 e. The summed E-state index contributed by atoms with van der Waals surface area (Å²) in [4.78, 5) is 19.5. The van der Waals surface area contributed by atoms with Crippen molar-refractivity contribution in [3.8, 4) is 0 Å². The van der Waals surface area contributed by atoms with E-state index in [0.717, 1.165) is 50.9 Å². The van der Waals surface area contributed by atoms with E-state index in [1.165, 1.54) is 18.7 Å². The highest BCUT2D eigenvalue weighted by Gasteiger charge is 2.29. The van der Waals surface area contributed by atoms with Crippen LogP contribution in [0.5, 0.6) is 0 Å². The Morgan fingerprint density at radius 3 is 2.00 bits per heavy atom. The number of aryl methyl sites for hydroxylation is 1. The number of nitrogens with one attached hydrogen (secondary N) is 1. The molecule has 1 aromatic carbocycles. The normalized spacial score (nSPS) is 18.7. The molecule has 1 atom stereocenters. The quantitative estimate of drug-likeness (QED) is 0.556. The average Bonchev–Trinajstić information content (AvgIpc) is 2.80. The van der Waals surface area contributed by atoms with Gasteiger partial charge >= 0.3 is 5.97 Å². The topological polar surface area (TPSA) is 48.1 Å². The van der Waals surface area contributed by atoms with Gasteiger partial charge in [-0.15, -0.1) is 0 Å². The first-order valence-electron chi connectivity index (χ1n) is 12.6. The molecule has 3 rings (SSSR count). The van der Waals surface area contributed by atoms with Gasteiger partial charge in [-0.25, -0.2) is 0 Å². The third-order valence-corrected chi connectivity index (χ3v) is 6.90. The second-order valence-electron chi connectivity index (χ2n) is 9.57. The molecule has 2 aliphatic heterocycles. The monoisotopic (exact) mass is 496 g/mol. The molecule has 0 amide bonds. The minimum absolute atomic E-state index is 0. The fraction of sp³-hybridized carbons (Fsp3) is 0.741. The molecule has 2 aliphatic rings. The number of nitrogens with zero attached hydrogens (tertiary/aromatic N) is 3. The molecule has 0 aliphatic carbocycles. The third-order valence-electron chi connectivity index (χ3n) is 6.67. The van der Waals surface area contributed by atoms with Crippen molar-refractivity contribution in [2.45, 2.75) is 73.5 Å². The highest BCUT2D eigenvalue weighted by molar-refractivity contribution is 6.30. The van der Waals surface area contributed by atoms with Crippen molar-refractivity contribution >= 4 is 17.6 Å². The van der Waals surface area contributed by atoms with Gasteiger partial charge in [-0.1, -0.05) is 25.1 Å². The van der Waals surface area contributed by atoms with Gasteiger partial charge in [0.15, 0.2) is 0 Å². The Morgan fingerprint density at radius 2 is 1.50 bits per heavy atom. The van der Waals surface area contributed by atoms with Crippen LogP contribution in [0.1, 0.15) is 65.6 Å². The minimum Gasteiger partial charge on any atom is -0.466 e. The number of ether oxygens (including phenoxy) is 1. The zero-order valence-corrected chi connectivity index (χ0v) is 22.3. The number of hydrogen-bond donors (Lipinski definition) is 1. The molecule has 2 saturated heterocycles. The summed E-state index contributed by atoms with van der Waals surface area (Å²) < 4.78 is 5.21. The lowest BCUT2D eigenvalue weighted by Crippen LogP contribution is -2.50. The fourth-order valence-electron chi connectivity index (χ4n) is 4.55. The van der Waals surface area contributed by atoms with Crippen LogP contribution in [0, 0.1) is 6.92 Å². The third kappa shape index (κ3) is 9.82. The van der Waals surface area contributed by atoms with E-state index >= 15 is 0 Å². The molecule has 0 saturated carbocycles. The summed E-state index contributed by atoms with van der Waals surface area (Å²) >= 11 is 6.22. The van der Waals surface area contributed by atoms with Crippen LogP contribution in [0.15, 0.2) is 18.2 Å². The standard InChI is InChI=1S/C19H29ClN2O2.C7H16N2.CH4/c1-5-24-19(23)13-18(17-12-16(20)7-6-15(17)4)22-10-8-21(9-11-22)14(2)3;1-7(2)9-5-3-8-4-6-9;/h6-7,12,14,18H,5,8-11,13H2,1-4H3;7-8H,3-6H2,1-2H3;1H4. The van der Waals surface area contributed by atoms with Crippen LogP contribution in [0.25, 0.3) is 0 Å². The Morgan fingerprint density at radius 1 is 0.971 bits per heavy atom. The maximum absolute atomic E-state index is 12.1. The van der Waals surface area contributed by atoms with Crippen molar-refractivity contribution in [1.29, 1.82) is 0 Å². The van der Waals surface area contributed by atoms with E-state index in [1.807, 2.05) is 25.1 Å². The first kappa shape index (κ1) is 30.9. The Labute approximate surface area is 214 Å². The van der Waals surface area contributed by atoms with Gasteiger partial charge in [0.1, 0.15) is 0 Å². The molecule has 0 spiro atoms. The van der Waals surface area contributed by atoms with Gasteiger partial charge in [-0.05, 0) is 64.8 Å². The molecule has 7 heteroatoms. The molecule has 0 aromatic heterocycles. The first-order valence-corrected chi connectivity index (χ1v) is 12.9. The lowest BCUT2D eigenvalue weighted by molar-refractivity contribution is -0.144. The Balaban J connectivity index is 0.000000486. The van der Waals surface area contributed by atoms with Crippen LogP contribution < -0.4 is 5.32 Å². The van der Waals surface area contributed by atoms with Crippen molar-refractivity contribution in [2.75, 3.05) is 59.0 Å². The summed E-state index contributed by atoms with van der Waals surface area (Å²) in [5.74, 6) is -0.145. The van der Waals surface area contributed by atoms with Crippen molar-refractivity contribution in [1.82, 2.24) is 20.0 Å². The van der Waals surface area contributed by atoms with Gasteiger partial charge in [0, 0.05) is 75.5 Å². The van der Waals surface area contributed by atoms with E-state index in [0.29, 0.717) is 24.1 Å². The molecule has 1 N–H and O–H groups in total. The number of hydrogen-bond acceptors (Lipinski definition) is 6. The number of carbonyl (C=O) groups excluding carboxylic acids is 1. The number of benzene rings is 1. The summed E-state index contributed by atoms with van der Waals surface area (Å²) in [6.45, 7) is 22.0. The fourth-order valence-corrected chi connectivity index (χ4v) is 4.73. The molecule has 196 valence electrons. The Hall–Kier alpha value is -1.18. The average molecular weight is 497 g/mol. The molecular formula is C27H49ClN4O2. The lowest BCUT2D eigenvalue weighted by Gasteiger charge is -2.41. The summed E-state index contributed by atoms with van der Waals surface area (Å²) in [7, 11) is 0. The van der Waals surface area contributed by atoms with E-state index in [2.05, 4.69) is 54.6 Å². The molecule has 1 unspecified atom stereocenters. The van der Waals surface area contributed by atoms with Crippen LogP contribution in [-0.4, -0.2) is 91.7 Å². The van der Waals surface area contributed by atoms with E-state index in [4.69, 9.17) is 16.3 Å². The summed E-state index contributed by atoms with van der Waals surface area (Å²) in [5.41, 5.74) is 2.30. The predicted octanol–water partition coefficient (Wildman–Crippen LogP) is 4.60. The van der Waals surface area contributed by atoms with Crippen LogP contribution in [0.2, 0.25) is 5.02 Å².